The van der Waals surface area contributed by atoms with Gasteiger partial charge in [0.25, 0.3) is 0 Å². The summed E-state index contributed by atoms with van der Waals surface area (Å²) < 4.78 is 4.51. The molecular formula is C43H27N5. The molecule has 0 saturated carbocycles. The molecule has 224 valence electrons. The first-order chi connectivity index (χ1) is 23.8. The molecule has 0 unspecified atom stereocenters. The van der Waals surface area contributed by atoms with Crippen molar-refractivity contribution in [3.63, 3.8) is 0 Å². The number of nitrogens with zero attached hydrogens (tertiary/aromatic N) is 5. The van der Waals surface area contributed by atoms with E-state index in [2.05, 4.69) is 143 Å². The predicted octanol–water partition coefficient (Wildman–Crippen LogP) is 10.6. The van der Waals surface area contributed by atoms with Gasteiger partial charge in [0.1, 0.15) is 0 Å². The second-order valence-electron chi connectivity index (χ2n) is 12.1. The maximum absolute atomic E-state index is 5.26. The van der Waals surface area contributed by atoms with Gasteiger partial charge in [0.05, 0.1) is 38.8 Å². The van der Waals surface area contributed by atoms with Crippen LogP contribution in [0.2, 0.25) is 0 Å². The van der Waals surface area contributed by atoms with Crippen molar-refractivity contribution >= 4 is 54.6 Å². The van der Waals surface area contributed by atoms with E-state index >= 15 is 0 Å². The number of hydrogen-bond donors (Lipinski definition) is 0. The number of aromatic nitrogens is 5. The van der Waals surface area contributed by atoms with Crippen molar-refractivity contribution < 1.29 is 0 Å². The molecule has 0 atom stereocenters. The van der Waals surface area contributed by atoms with E-state index in [1.807, 2.05) is 30.5 Å². The first-order valence-corrected chi connectivity index (χ1v) is 16.1. The Hall–Kier alpha value is -6.59. The Kier molecular flexibility index (Phi) is 5.81. The number of pyridine rings is 1. The fourth-order valence-electron chi connectivity index (χ4n) is 7.22. The fourth-order valence-corrected chi connectivity index (χ4v) is 7.22. The maximum Gasteiger partial charge on any atom is 0.235 e. The van der Waals surface area contributed by atoms with E-state index in [0.29, 0.717) is 5.95 Å². The SMILES string of the molecule is c1ccc(-c2nc(-n3c4ccccc4c4ccc(-c5ccc6c(c5)c5ncccc5n6-c5ccccc5)cc43)nc3ccccc23)cc1. The summed E-state index contributed by atoms with van der Waals surface area (Å²) in [6, 6.07) is 55.3. The van der Waals surface area contributed by atoms with Gasteiger partial charge in [-0.05, 0) is 65.7 Å². The zero-order chi connectivity index (χ0) is 31.6. The zero-order valence-corrected chi connectivity index (χ0v) is 25.8. The largest absolute Gasteiger partial charge is 0.308 e. The van der Waals surface area contributed by atoms with Gasteiger partial charge in [-0.25, -0.2) is 9.97 Å². The van der Waals surface area contributed by atoms with Gasteiger partial charge >= 0.3 is 0 Å². The minimum Gasteiger partial charge on any atom is -0.308 e. The second kappa shape index (κ2) is 10.5. The van der Waals surface area contributed by atoms with Crippen molar-refractivity contribution in [3.8, 4) is 34.0 Å². The summed E-state index contributed by atoms with van der Waals surface area (Å²) in [5, 5.41) is 4.49. The van der Waals surface area contributed by atoms with Gasteiger partial charge in [-0.2, -0.15) is 0 Å². The molecule has 5 heteroatoms. The lowest BCUT2D eigenvalue weighted by molar-refractivity contribution is 1.01. The summed E-state index contributed by atoms with van der Waals surface area (Å²) in [7, 11) is 0. The highest BCUT2D eigenvalue weighted by atomic mass is 15.2. The van der Waals surface area contributed by atoms with Crippen LogP contribution in [0.3, 0.4) is 0 Å². The third-order valence-electron chi connectivity index (χ3n) is 9.38. The molecule has 5 nitrogen and oxygen atoms in total. The van der Waals surface area contributed by atoms with Crippen molar-refractivity contribution in [3.05, 3.63) is 164 Å². The molecule has 4 heterocycles. The molecule has 0 fully saturated rings. The van der Waals surface area contributed by atoms with Crippen molar-refractivity contribution in [2.45, 2.75) is 0 Å². The lowest BCUT2D eigenvalue weighted by Crippen LogP contribution is -2.03. The Morgan fingerprint density at radius 2 is 1.06 bits per heavy atom. The number of rotatable bonds is 4. The van der Waals surface area contributed by atoms with Crippen LogP contribution in [0.25, 0.3) is 88.7 Å². The molecule has 10 rings (SSSR count). The number of fused-ring (bicyclic) bond motifs is 7. The first-order valence-electron chi connectivity index (χ1n) is 16.1. The van der Waals surface area contributed by atoms with Crippen molar-refractivity contribution in [1.82, 2.24) is 24.1 Å². The molecule has 0 saturated heterocycles. The average molecular weight is 614 g/mol. The van der Waals surface area contributed by atoms with Gasteiger partial charge in [-0.3, -0.25) is 9.55 Å². The highest BCUT2D eigenvalue weighted by Crippen LogP contribution is 2.38. The molecule has 48 heavy (non-hydrogen) atoms. The maximum atomic E-state index is 5.26. The van der Waals surface area contributed by atoms with Crippen molar-refractivity contribution in [1.29, 1.82) is 0 Å². The number of hydrogen-bond acceptors (Lipinski definition) is 3. The van der Waals surface area contributed by atoms with Crippen LogP contribution in [-0.4, -0.2) is 24.1 Å². The predicted molar refractivity (Wildman–Crippen MR) is 197 cm³/mol. The summed E-state index contributed by atoms with van der Waals surface area (Å²) in [4.78, 5) is 15.3. The van der Waals surface area contributed by atoms with Crippen molar-refractivity contribution in [2.75, 3.05) is 0 Å². The summed E-state index contributed by atoms with van der Waals surface area (Å²) in [5.74, 6) is 0.654. The van der Waals surface area contributed by atoms with E-state index < -0.39 is 0 Å². The Labute approximate surface area is 276 Å². The molecule has 0 aliphatic carbocycles. The lowest BCUT2D eigenvalue weighted by Gasteiger charge is -2.12. The van der Waals surface area contributed by atoms with Gasteiger partial charge in [-0.1, -0.05) is 103 Å². The minimum atomic E-state index is 0.654. The quantitative estimate of drug-likeness (QED) is 0.198. The summed E-state index contributed by atoms with van der Waals surface area (Å²) in [5.41, 5.74) is 11.6. The third kappa shape index (κ3) is 4.01. The fraction of sp³-hybridized carbons (Fsp3) is 0. The van der Waals surface area contributed by atoms with Gasteiger partial charge in [0, 0.05) is 39.0 Å². The molecule has 0 aliphatic heterocycles. The van der Waals surface area contributed by atoms with Crippen LogP contribution < -0.4 is 0 Å². The van der Waals surface area contributed by atoms with E-state index in [4.69, 9.17) is 15.0 Å². The van der Waals surface area contributed by atoms with E-state index in [9.17, 15) is 0 Å². The molecule has 4 aromatic heterocycles. The smallest absolute Gasteiger partial charge is 0.235 e. The van der Waals surface area contributed by atoms with Gasteiger partial charge in [0.15, 0.2) is 0 Å². The standard InChI is InChI=1S/C43H27N5/c1-3-12-28(13-4-1)41-34-17-7-9-18-36(34)45-43(46-41)48-37-19-10-8-16-32(37)33-23-21-30(27-40(33)48)29-22-24-38-35(26-29)42-39(20-11-25-44-42)47(38)31-14-5-2-6-15-31/h1-27H. The van der Waals surface area contributed by atoms with Crippen LogP contribution in [0.4, 0.5) is 0 Å². The molecule has 0 radical (unpaired) electrons. The van der Waals surface area contributed by atoms with E-state index in [1.165, 1.54) is 5.39 Å². The lowest BCUT2D eigenvalue weighted by atomic mass is 10.0. The Morgan fingerprint density at radius 1 is 0.396 bits per heavy atom. The topological polar surface area (TPSA) is 48.5 Å². The molecule has 0 aliphatic rings. The van der Waals surface area contributed by atoms with Crippen LogP contribution in [0.5, 0.6) is 0 Å². The van der Waals surface area contributed by atoms with Gasteiger partial charge in [0.2, 0.25) is 5.95 Å². The molecule has 6 aromatic carbocycles. The second-order valence-corrected chi connectivity index (χ2v) is 12.1. The molecule has 0 N–H and O–H groups in total. The molecular weight excluding hydrogens is 587 g/mol. The number of benzene rings is 6. The van der Waals surface area contributed by atoms with Gasteiger partial charge < -0.3 is 4.57 Å². The Morgan fingerprint density at radius 3 is 1.94 bits per heavy atom. The minimum absolute atomic E-state index is 0.654. The number of para-hydroxylation sites is 3. The summed E-state index contributed by atoms with van der Waals surface area (Å²) in [6.07, 6.45) is 1.88. The van der Waals surface area contributed by atoms with Crippen LogP contribution in [0, 0.1) is 0 Å². The van der Waals surface area contributed by atoms with E-state index in [1.54, 1.807) is 0 Å². The molecule has 0 bridgehead atoms. The highest BCUT2D eigenvalue weighted by Gasteiger charge is 2.19. The molecule has 0 spiro atoms. The van der Waals surface area contributed by atoms with Crippen molar-refractivity contribution in [2.24, 2.45) is 0 Å². The van der Waals surface area contributed by atoms with Crippen LogP contribution in [0.1, 0.15) is 0 Å². The van der Waals surface area contributed by atoms with Crippen LogP contribution in [0.15, 0.2) is 164 Å². The molecule has 10 aromatic rings. The Bertz CT molecular complexity index is 2830. The van der Waals surface area contributed by atoms with Gasteiger partial charge in [-0.15, -0.1) is 0 Å². The van der Waals surface area contributed by atoms with E-state index in [0.717, 1.165) is 77.3 Å². The van der Waals surface area contributed by atoms with E-state index in [-0.39, 0.29) is 0 Å². The summed E-state index contributed by atoms with van der Waals surface area (Å²) in [6.45, 7) is 0. The first kappa shape index (κ1) is 26.6. The zero-order valence-electron chi connectivity index (χ0n) is 25.8. The van der Waals surface area contributed by atoms with Crippen LogP contribution >= 0.6 is 0 Å². The Balaban J connectivity index is 1.22. The van der Waals surface area contributed by atoms with Crippen LogP contribution in [-0.2, 0) is 0 Å². The normalized spacial score (nSPS) is 11.8. The third-order valence-corrected chi connectivity index (χ3v) is 9.38. The summed E-state index contributed by atoms with van der Waals surface area (Å²) >= 11 is 0. The molecule has 0 amide bonds. The average Bonchev–Trinajstić information content (AvgIpc) is 3.67. The monoisotopic (exact) mass is 613 g/mol. The highest BCUT2D eigenvalue weighted by molar-refractivity contribution is 6.11.